The molecule has 0 aliphatic heterocycles. The van der Waals surface area contributed by atoms with Gasteiger partial charge in [0.25, 0.3) is 0 Å². The van der Waals surface area contributed by atoms with Crippen molar-refractivity contribution in [2.45, 2.75) is 6.92 Å². The zero-order valence-electron chi connectivity index (χ0n) is 11.6. The van der Waals surface area contributed by atoms with Gasteiger partial charge < -0.3 is 5.11 Å². The number of carboxylic acid groups (broad SMARTS) is 1. The average Bonchev–Trinajstić information content (AvgIpc) is 2.96. The van der Waals surface area contributed by atoms with Crippen molar-refractivity contribution in [1.29, 1.82) is 0 Å². The third kappa shape index (κ3) is 2.32. The van der Waals surface area contributed by atoms with Crippen LogP contribution in [0.25, 0.3) is 17.1 Å². The van der Waals surface area contributed by atoms with E-state index in [-0.39, 0.29) is 11.4 Å². The lowest BCUT2D eigenvalue weighted by atomic mass is 10.2. The molecule has 3 aromatic rings. The van der Waals surface area contributed by atoms with Crippen LogP contribution >= 0.6 is 0 Å². The van der Waals surface area contributed by atoms with Crippen LogP contribution in [0.5, 0.6) is 0 Å². The van der Waals surface area contributed by atoms with Gasteiger partial charge >= 0.3 is 5.97 Å². The molecule has 0 unspecified atom stereocenters. The van der Waals surface area contributed by atoms with Gasteiger partial charge in [0.05, 0.1) is 11.4 Å². The Labute approximate surface area is 124 Å². The maximum Gasteiger partial charge on any atom is 0.358 e. The van der Waals surface area contributed by atoms with Crippen LogP contribution in [0, 0.1) is 12.7 Å². The highest BCUT2D eigenvalue weighted by Gasteiger charge is 2.22. The van der Waals surface area contributed by atoms with E-state index >= 15 is 0 Å². The number of aromatic carboxylic acids is 1. The number of hydrogen-bond acceptors (Lipinski definition) is 4. The predicted molar refractivity (Wildman–Crippen MR) is 76.2 cm³/mol. The third-order valence-corrected chi connectivity index (χ3v) is 3.18. The summed E-state index contributed by atoms with van der Waals surface area (Å²) >= 11 is 0. The smallest absolute Gasteiger partial charge is 0.358 e. The van der Waals surface area contributed by atoms with Crippen LogP contribution in [-0.4, -0.2) is 31.1 Å². The van der Waals surface area contributed by atoms with Crippen molar-refractivity contribution >= 4 is 5.97 Å². The van der Waals surface area contributed by atoms with Crippen molar-refractivity contribution in [1.82, 2.24) is 20.0 Å². The Bertz CT molecular complexity index is 846. The number of aromatic nitrogens is 4. The summed E-state index contributed by atoms with van der Waals surface area (Å²) in [4.78, 5) is 15.5. The van der Waals surface area contributed by atoms with Crippen LogP contribution in [0.4, 0.5) is 4.39 Å². The van der Waals surface area contributed by atoms with Crippen molar-refractivity contribution in [3.8, 4) is 17.1 Å². The fraction of sp³-hybridized carbons (Fsp3) is 0.0667. The molecule has 0 aliphatic carbocycles. The second kappa shape index (κ2) is 5.36. The number of pyridine rings is 1. The van der Waals surface area contributed by atoms with Gasteiger partial charge in [-0.3, -0.25) is 4.98 Å². The first-order valence-corrected chi connectivity index (χ1v) is 6.45. The molecule has 2 aromatic heterocycles. The van der Waals surface area contributed by atoms with E-state index in [9.17, 15) is 14.3 Å². The molecule has 0 aliphatic rings. The topological polar surface area (TPSA) is 80.9 Å². The number of hydrogen-bond donors (Lipinski definition) is 1. The molecule has 0 radical (unpaired) electrons. The highest BCUT2D eigenvalue weighted by molar-refractivity contribution is 5.92. The van der Waals surface area contributed by atoms with Crippen LogP contribution in [0.3, 0.4) is 0 Å². The summed E-state index contributed by atoms with van der Waals surface area (Å²) in [6, 6.07) is 9.60. The molecule has 2 heterocycles. The van der Waals surface area contributed by atoms with Crippen LogP contribution in [-0.2, 0) is 0 Å². The summed E-state index contributed by atoms with van der Waals surface area (Å²) in [7, 11) is 0. The molecule has 22 heavy (non-hydrogen) atoms. The largest absolute Gasteiger partial charge is 0.476 e. The molecule has 0 bridgehead atoms. The Morgan fingerprint density at radius 1 is 1.27 bits per heavy atom. The van der Waals surface area contributed by atoms with E-state index in [1.165, 1.54) is 16.9 Å². The van der Waals surface area contributed by atoms with Gasteiger partial charge in [0.2, 0.25) is 0 Å². The van der Waals surface area contributed by atoms with E-state index in [0.717, 1.165) is 0 Å². The molecule has 3 rings (SSSR count). The lowest BCUT2D eigenvalue weighted by Gasteiger charge is -2.07. The van der Waals surface area contributed by atoms with Crippen LogP contribution in [0.15, 0.2) is 42.6 Å². The lowest BCUT2D eigenvalue weighted by molar-refractivity contribution is 0.0691. The van der Waals surface area contributed by atoms with Gasteiger partial charge in [0.1, 0.15) is 11.5 Å². The van der Waals surface area contributed by atoms with Crippen molar-refractivity contribution in [3.63, 3.8) is 0 Å². The van der Waals surface area contributed by atoms with E-state index < -0.39 is 11.8 Å². The molecule has 0 amide bonds. The second-order valence-corrected chi connectivity index (χ2v) is 4.65. The number of benzene rings is 1. The van der Waals surface area contributed by atoms with E-state index in [1.54, 1.807) is 37.3 Å². The molecular weight excluding hydrogens is 287 g/mol. The van der Waals surface area contributed by atoms with Crippen molar-refractivity contribution in [2.24, 2.45) is 0 Å². The summed E-state index contributed by atoms with van der Waals surface area (Å²) in [5.41, 5.74) is 1.23. The zero-order valence-corrected chi connectivity index (χ0v) is 11.6. The predicted octanol–water partition coefficient (Wildman–Crippen LogP) is 2.48. The molecule has 0 atom stereocenters. The molecule has 0 spiro atoms. The molecule has 0 saturated heterocycles. The Balaban J connectivity index is 2.24. The van der Waals surface area contributed by atoms with Crippen molar-refractivity contribution < 1.29 is 14.3 Å². The standard InChI is InChI=1S/C15H11FN4O2/c1-9-5-6-10(8-11(9)16)20-14(12-4-2-3-7-17-12)13(15(21)22)18-19-20/h2-8H,1H3,(H,21,22). The molecule has 0 saturated carbocycles. The maximum absolute atomic E-state index is 13.8. The Hall–Kier alpha value is -3.09. The summed E-state index contributed by atoms with van der Waals surface area (Å²) in [6.07, 6.45) is 1.54. The highest BCUT2D eigenvalue weighted by atomic mass is 19.1. The van der Waals surface area contributed by atoms with Gasteiger partial charge in [-0.2, -0.15) is 0 Å². The fourth-order valence-corrected chi connectivity index (χ4v) is 2.05. The Kier molecular flexibility index (Phi) is 3.38. The molecule has 1 aromatic carbocycles. The van der Waals surface area contributed by atoms with E-state index in [4.69, 9.17) is 0 Å². The number of aryl methyl sites for hydroxylation is 1. The number of rotatable bonds is 3. The van der Waals surface area contributed by atoms with E-state index in [1.807, 2.05) is 0 Å². The first-order chi connectivity index (χ1) is 10.6. The first kappa shape index (κ1) is 13.9. The van der Waals surface area contributed by atoms with Gasteiger partial charge in [-0.1, -0.05) is 17.3 Å². The van der Waals surface area contributed by atoms with Gasteiger partial charge in [-0.15, -0.1) is 5.10 Å². The Morgan fingerprint density at radius 2 is 2.09 bits per heavy atom. The first-order valence-electron chi connectivity index (χ1n) is 6.45. The monoisotopic (exact) mass is 298 g/mol. The number of nitrogens with zero attached hydrogens (tertiary/aromatic N) is 4. The van der Waals surface area contributed by atoms with Crippen LogP contribution in [0.2, 0.25) is 0 Å². The molecule has 7 heteroatoms. The van der Waals surface area contributed by atoms with Crippen molar-refractivity contribution in [3.05, 3.63) is 59.7 Å². The molecule has 0 fully saturated rings. The number of halogens is 1. The normalized spacial score (nSPS) is 10.6. The van der Waals surface area contributed by atoms with Crippen LogP contribution in [0.1, 0.15) is 16.1 Å². The quantitative estimate of drug-likeness (QED) is 0.803. The minimum atomic E-state index is -1.22. The van der Waals surface area contributed by atoms with Crippen LogP contribution < -0.4 is 0 Å². The van der Waals surface area contributed by atoms with Gasteiger partial charge in [0, 0.05) is 6.20 Å². The minimum Gasteiger partial charge on any atom is -0.476 e. The van der Waals surface area contributed by atoms with Crippen molar-refractivity contribution in [2.75, 3.05) is 0 Å². The summed E-state index contributed by atoms with van der Waals surface area (Å²) < 4.78 is 15.0. The van der Waals surface area contributed by atoms with Gasteiger partial charge in [-0.05, 0) is 36.8 Å². The third-order valence-electron chi connectivity index (χ3n) is 3.18. The average molecular weight is 298 g/mol. The SMILES string of the molecule is Cc1ccc(-n2nnc(C(=O)O)c2-c2ccccn2)cc1F. The second-order valence-electron chi connectivity index (χ2n) is 4.65. The van der Waals surface area contributed by atoms with E-state index in [0.29, 0.717) is 16.9 Å². The molecule has 1 N–H and O–H groups in total. The van der Waals surface area contributed by atoms with E-state index in [2.05, 4.69) is 15.3 Å². The maximum atomic E-state index is 13.8. The summed E-state index contributed by atoms with van der Waals surface area (Å²) in [5.74, 6) is -1.63. The molecular formula is C15H11FN4O2. The lowest BCUT2D eigenvalue weighted by Crippen LogP contribution is -2.04. The summed E-state index contributed by atoms with van der Waals surface area (Å²) in [6.45, 7) is 1.64. The fourth-order valence-electron chi connectivity index (χ4n) is 2.05. The molecule has 6 nitrogen and oxygen atoms in total. The number of carboxylic acids is 1. The minimum absolute atomic E-state index is 0.205. The van der Waals surface area contributed by atoms with Gasteiger partial charge in [-0.25, -0.2) is 13.9 Å². The zero-order chi connectivity index (χ0) is 15.7. The highest BCUT2D eigenvalue weighted by Crippen LogP contribution is 2.24. The number of carbonyl (C=O) groups is 1. The summed E-state index contributed by atoms with van der Waals surface area (Å²) in [5, 5.41) is 16.8. The van der Waals surface area contributed by atoms with Gasteiger partial charge in [0.15, 0.2) is 5.69 Å². The molecule has 110 valence electrons. The Morgan fingerprint density at radius 3 is 2.73 bits per heavy atom.